The Morgan fingerprint density at radius 1 is 0.682 bits per heavy atom. The molecule has 0 rings (SSSR count). The molecule has 0 fully saturated rings. The van der Waals surface area contributed by atoms with Crippen LogP contribution >= 0.6 is 0 Å². The molecule has 0 aliphatic rings. The van der Waals surface area contributed by atoms with E-state index in [4.69, 9.17) is 9.84 Å². The molecule has 0 spiro atoms. The van der Waals surface area contributed by atoms with Crippen molar-refractivity contribution >= 4 is 0 Å². The molecule has 2 heteroatoms. The largest absolute Gasteiger partial charge is 0.396 e. The first-order chi connectivity index (χ1) is 10.8. The van der Waals surface area contributed by atoms with E-state index in [1.54, 1.807) is 0 Å². The van der Waals surface area contributed by atoms with E-state index in [1.165, 1.54) is 89.9 Å². The van der Waals surface area contributed by atoms with Gasteiger partial charge in [-0.05, 0) is 6.42 Å². The highest BCUT2D eigenvalue weighted by molar-refractivity contribution is 4.50. The Labute approximate surface area is 140 Å². The maximum absolute atomic E-state index is 8.88. The van der Waals surface area contributed by atoms with Crippen molar-refractivity contribution in [3.8, 4) is 0 Å². The molecular formula is C20H42O2. The smallest absolute Gasteiger partial charge is 0.0513 e. The maximum atomic E-state index is 8.88. The van der Waals surface area contributed by atoms with Gasteiger partial charge in [0.25, 0.3) is 0 Å². The number of unbranched alkanes of at least 4 members (excludes halogenated alkanes) is 13. The molecular weight excluding hydrogens is 272 g/mol. The van der Waals surface area contributed by atoms with Gasteiger partial charge in [0.15, 0.2) is 0 Å². The summed E-state index contributed by atoms with van der Waals surface area (Å²) in [6.45, 7) is 6.10. The van der Waals surface area contributed by atoms with Crippen molar-refractivity contribution in [3.63, 3.8) is 0 Å². The van der Waals surface area contributed by atoms with Gasteiger partial charge in [0.05, 0.1) is 6.61 Å². The van der Waals surface area contributed by atoms with Crippen LogP contribution in [0.4, 0.5) is 0 Å². The first kappa shape index (κ1) is 21.9. The van der Waals surface area contributed by atoms with Crippen LogP contribution in [-0.4, -0.2) is 24.9 Å². The van der Waals surface area contributed by atoms with Crippen LogP contribution in [0, 0.1) is 5.92 Å². The second-order valence-corrected chi connectivity index (χ2v) is 6.96. The lowest BCUT2D eigenvalue weighted by atomic mass is 10.0. The summed E-state index contributed by atoms with van der Waals surface area (Å²) in [6.07, 6.45) is 19.5. The Morgan fingerprint density at radius 3 is 1.50 bits per heavy atom. The third-order valence-electron chi connectivity index (χ3n) is 4.36. The summed E-state index contributed by atoms with van der Waals surface area (Å²) in [7, 11) is 0. The zero-order chi connectivity index (χ0) is 16.3. The van der Waals surface area contributed by atoms with Crippen LogP contribution in [0.25, 0.3) is 0 Å². The van der Waals surface area contributed by atoms with Crippen LogP contribution in [0.2, 0.25) is 0 Å². The minimum atomic E-state index is 0.235. The van der Waals surface area contributed by atoms with Gasteiger partial charge in [-0.15, -0.1) is 0 Å². The van der Waals surface area contributed by atoms with Gasteiger partial charge < -0.3 is 9.84 Å². The van der Waals surface area contributed by atoms with Gasteiger partial charge in [0.2, 0.25) is 0 Å². The van der Waals surface area contributed by atoms with Gasteiger partial charge in [-0.25, -0.2) is 0 Å². The van der Waals surface area contributed by atoms with E-state index in [9.17, 15) is 0 Å². The summed E-state index contributed by atoms with van der Waals surface area (Å²) < 4.78 is 5.53. The fourth-order valence-corrected chi connectivity index (χ4v) is 2.74. The third kappa shape index (κ3) is 18.0. The van der Waals surface area contributed by atoms with Crippen molar-refractivity contribution in [2.75, 3.05) is 19.8 Å². The highest BCUT2D eigenvalue weighted by Crippen LogP contribution is 2.12. The number of hydrogen-bond acceptors (Lipinski definition) is 2. The van der Waals surface area contributed by atoms with E-state index >= 15 is 0 Å². The molecule has 1 unspecified atom stereocenters. The lowest BCUT2D eigenvalue weighted by Gasteiger charge is -2.08. The van der Waals surface area contributed by atoms with Crippen LogP contribution in [0.3, 0.4) is 0 Å². The van der Waals surface area contributed by atoms with Crippen LogP contribution in [-0.2, 0) is 4.74 Å². The standard InChI is InChI=1S/C20H42O2/c1-3-4-5-6-7-8-9-10-11-12-13-14-15-16-17-22-19-20(2)18-21/h20-21H,3-19H2,1-2H3. The first-order valence-corrected chi connectivity index (χ1v) is 9.99. The molecule has 0 aromatic carbocycles. The normalized spacial score (nSPS) is 12.7. The summed E-state index contributed by atoms with van der Waals surface area (Å²) in [5.41, 5.74) is 0. The van der Waals surface area contributed by atoms with Crippen molar-refractivity contribution in [2.24, 2.45) is 5.92 Å². The summed E-state index contributed by atoms with van der Waals surface area (Å²) in [6, 6.07) is 0. The molecule has 0 bridgehead atoms. The molecule has 0 aromatic rings. The van der Waals surface area contributed by atoms with Gasteiger partial charge in [0.1, 0.15) is 0 Å². The molecule has 134 valence electrons. The van der Waals surface area contributed by atoms with Crippen molar-refractivity contribution in [1.82, 2.24) is 0 Å². The quantitative estimate of drug-likeness (QED) is 0.309. The number of aliphatic hydroxyl groups is 1. The summed E-state index contributed by atoms with van der Waals surface area (Å²) in [5, 5.41) is 8.88. The van der Waals surface area contributed by atoms with Crippen molar-refractivity contribution in [3.05, 3.63) is 0 Å². The lowest BCUT2D eigenvalue weighted by molar-refractivity contribution is 0.0775. The Kier molecular flexibility index (Phi) is 18.9. The number of hydrogen-bond donors (Lipinski definition) is 1. The molecule has 0 radical (unpaired) electrons. The van der Waals surface area contributed by atoms with Gasteiger partial charge in [-0.3, -0.25) is 0 Å². The molecule has 0 heterocycles. The van der Waals surface area contributed by atoms with E-state index in [1.807, 2.05) is 6.92 Å². The SMILES string of the molecule is CCCCCCCCCCCCCCCCOCC(C)CO. The Hall–Kier alpha value is -0.0800. The predicted molar refractivity (Wildman–Crippen MR) is 97.4 cm³/mol. The summed E-state index contributed by atoms with van der Waals surface area (Å²) >= 11 is 0. The zero-order valence-electron chi connectivity index (χ0n) is 15.5. The van der Waals surface area contributed by atoms with Gasteiger partial charge in [-0.2, -0.15) is 0 Å². The second kappa shape index (κ2) is 19.0. The minimum absolute atomic E-state index is 0.235. The minimum Gasteiger partial charge on any atom is -0.396 e. The van der Waals surface area contributed by atoms with Crippen LogP contribution < -0.4 is 0 Å². The molecule has 22 heavy (non-hydrogen) atoms. The highest BCUT2D eigenvalue weighted by Gasteiger charge is 1.99. The Bertz CT molecular complexity index is 194. The monoisotopic (exact) mass is 314 g/mol. The summed E-state index contributed by atoms with van der Waals surface area (Å²) in [4.78, 5) is 0. The molecule has 0 aliphatic carbocycles. The maximum Gasteiger partial charge on any atom is 0.0513 e. The Morgan fingerprint density at radius 2 is 1.09 bits per heavy atom. The van der Waals surface area contributed by atoms with E-state index in [-0.39, 0.29) is 12.5 Å². The van der Waals surface area contributed by atoms with Crippen LogP contribution in [0.15, 0.2) is 0 Å². The fourth-order valence-electron chi connectivity index (χ4n) is 2.74. The molecule has 1 atom stereocenters. The third-order valence-corrected chi connectivity index (χ3v) is 4.36. The predicted octanol–water partition coefficient (Wildman–Crippen LogP) is 6.11. The lowest BCUT2D eigenvalue weighted by Crippen LogP contribution is -2.10. The molecule has 0 saturated carbocycles. The van der Waals surface area contributed by atoms with Crippen molar-refractivity contribution < 1.29 is 9.84 Å². The Balaban J connectivity index is 2.97. The molecule has 0 aliphatic heterocycles. The first-order valence-electron chi connectivity index (χ1n) is 9.99. The van der Waals surface area contributed by atoms with E-state index in [0.717, 1.165) is 6.61 Å². The summed E-state index contributed by atoms with van der Waals surface area (Å²) in [5.74, 6) is 0.284. The molecule has 0 aromatic heterocycles. The number of aliphatic hydroxyl groups excluding tert-OH is 1. The molecule has 2 nitrogen and oxygen atoms in total. The average Bonchev–Trinajstić information content (AvgIpc) is 2.54. The van der Waals surface area contributed by atoms with Crippen LogP contribution in [0.1, 0.15) is 104 Å². The van der Waals surface area contributed by atoms with Crippen molar-refractivity contribution in [2.45, 2.75) is 104 Å². The second-order valence-electron chi connectivity index (χ2n) is 6.96. The van der Waals surface area contributed by atoms with Crippen LogP contribution in [0.5, 0.6) is 0 Å². The highest BCUT2D eigenvalue weighted by atomic mass is 16.5. The van der Waals surface area contributed by atoms with Gasteiger partial charge in [-0.1, -0.05) is 97.3 Å². The molecule has 0 saturated heterocycles. The van der Waals surface area contributed by atoms with E-state index in [2.05, 4.69) is 6.92 Å². The number of ether oxygens (including phenoxy) is 1. The van der Waals surface area contributed by atoms with Gasteiger partial charge in [0, 0.05) is 19.1 Å². The molecule has 1 N–H and O–H groups in total. The number of rotatable bonds is 18. The van der Waals surface area contributed by atoms with E-state index < -0.39 is 0 Å². The fraction of sp³-hybridized carbons (Fsp3) is 1.00. The average molecular weight is 315 g/mol. The topological polar surface area (TPSA) is 29.5 Å². The molecule has 0 amide bonds. The van der Waals surface area contributed by atoms with E-state index in [0.29, 0.717) is 6.61 Å². The van der Waals surface area contributed by atoms with Gasteiger partial charge >= 0.3 is 0 Å². The zero-order valence-corrected chi connectivity index (χ0v) is 15.5. The van der Waals surface area contributed by atoms with Crippen molar-refractivity contribution in [1.29, 1.82) is 0 Å².